The van der Waals surface area contributed by atoms with E-state index in [1.54, 1.807) is 0 Å². The van der Waals surface area contributed by atoms with Crippen molar-refractivity contribution in [2.75, 3.05) is 6.61 Å². The molecule has 0 aromatic carbocycles. The highest BCUT2D eigenvalue weighted by Crippen LogP contribution is 2.31. The Morgan fingerprint density at radius 2 is 1.81 bits per heavy atom. The Kier molecular flexibility index (Phi) is 6.37. The van der Waals surface area contributed by atoms with E-state index in [4.69, 9.17) is 9.84 Å². The van der Waals surface area contributed by atoms with Crippen molar-refractivity contribution in [3.8, 4) is 0 Å². The van der Waals surface area contributed by atoms with Crippen LogP contribution in [0.2, 0.25) is 0 Å². The quantitative estimate of drug-likeness (QED) is 0.755. The average molecular weight is 228 g/mol. The van der Waals surface area contributed by atoms with Gasteiger partial charge in [-0.05, 0) is 57.3 Å². The van der Waals surface area contributed by atoms with Crippen LogP contribution >= 0.6 is 0 Å². The zero-order chi connectivity index (χ0) is 12.0. The lowest BCUT2D eigenvalue weighted by atomic mass is 9.82. The molecule has 2 atom stereocenters. The van der Waals surface area contributed by atoms with Crippen molar-refractivity contribution in [3.05, 3.63) is 0 Å². The molecule has 0 amide bonds. The molecule has 1 fully saturated rings. The second kappa shape index (κ2) is 7.29. The molecule has 2 nitrogen and oxygen atoms in total. The van der Waals surface area contributed by atoms with Crippen LogP contribution < -0.4 is 0 Å². The van der Waals surface area contributed by atoms with Crippen LogP contribution in [-0.2, 0) is 4.74 Å². The van der Waals surface area contributed by atoms with Crippen molar-refractivity contribution in [2.24, 2.45) is 11.8 Å². The molecule has 2 unspecified atom stereocenters. The summed E-state index contributed by atoms with van der Waals surface area (Å²) in [5, 5.41) is 9.04. The topological polar surface area (TPSA) is 29.5 Å². The summed E-state index contributed by atoms with van der Waals surface area (Å²) < 4.78 is 5.97. The Balaban J connectivity index is 2.18. The Labute approximate surface area is 100 Å². The largest absolute Gasteiger partial charge is 0.396 e. The summed E-state index contributed by atoms with van der Waals surface area (Å²) in [6.07, 6.45) is 8.21. The summed E-state index contributed by atoms with van der Waals surface area (Å²) in [6.45, 7) is 6.82. The van der Waals surface area contributed by atoms with Crippen LogP contribution in [0.15, 0.2) is 0 Å². The minimum Gasteiger partial charge on any atom is -0.396 e. The van der Waals surface area contributed by atoms with E-state index in [1.165, 1.54) is 32.1 Å². The van der Waals surface area contributed by atoms with Gasteiger partial charge in [-0.15, -0.1) is 0 Å². The first-order chi connectivity index (χ1) is 7.65. The summed E-state index contributed by atoms with van der Waals surface area (Å²) in [5.41, 5.74) is 0. The fourth-order valence-electron chi connectivity index (χ4n) is 2.57. The van der Waals surface area contributed by atoms with Crippen molar-refractivity contribution in [3.63, 3.8) is 0 Å². The number of aliphatic hydroxyl groups is 1. The Hall–Kier alpha value is -0.0800. The standard InChI is InChI=1S/C14H28O2/c1-4-12(3)16-14-7-5-13(6-8-14)9-11(2)10-15/h11-15H,4-10H2,1-3H3. The van der Waals surface area contributed by atoms with Gasteiger partial charge in [0.25, 0.3) is 0 Å². The highest BCUT2D eigenvalue weighted by molar-refractivity contribution is 4.75. The first kappa shape index (κ1) is 14.0. The molecule has 1 rings (SSSR count). The molecule has 0 aromatic heterocycles. The molecular weight excluding hydrogens is 200 g/mol. The normalized spacial score (nSPS) is 30.0. The molecule has 0 aromatic rings. The van der Waals surface area contributed by atoms with Crippen molar-refractivity contribution in [1.82, 2.24) is 0 Å². The van der Waals surface area contributed by atoms with E-state index in [2.05, 4.69) is 20.8 Å². The summed E-state index contributed by atoms with van der Waals surface area (Å²) in [5.74, 6) is 1.29. The molecule has 2 heteroatoms. The van der Waals surface area contributed by atoms with Crippen molar-refractivity contribution < 1.29 is 9.84 Å². The number of ether oxygens (including phenoxy) is 1. The molecule has 16 heavy (non-hydrogen) atoms. The lowest BCUT2D eigenvalue weighted by molar-refractivity contribution is -0.0310. The van der Waals surface area contributed by atoms with Gasteiger partial charge in [0.2, 0.25) is 0 Å². The van der Waals surface area contributed by atoms with Gasteiger partial charge < -0.3 is 9.84 Å². The van der Waals surface area contributed by atoms with Gasteiger partial charge in [0.15, 0.2) is 0 Å². The third-order valence-electron chi connectivity index (χ3n) is 3.84. The maximum Gasteiger partial charge on any atom is 0.0579 e. The molecule has 96 valence electrons. The van der Waals surface area contributed by atoms with Crippen molar-refractivity contribution in [2.45, 2.75) is 71.5 Å². The van der Waals surface area contributed by atoms with Gasteiger partial charge >= 0.3 is 0 Å². The minimum absolute atomic E-state index is 0.337. The second-order valence-corrected chi connectivity index (χ2v) is 5.52. The van der Waals surface area contributed by atoms with E-state index in [0.717, 1.165) is 12.3 Å². The maximum absolute atomic E-state index is 9.04. The number of hydrogen-bond donors (Lipinski definition) is 1. The fraction of sp³-hybridized carbons (Fsp3) is 1.00. The number of rotatable bonds is 6. The van der Waals surface area contributed by atoms with Gasteiger partial charge in [0.05, 0.1) is 12.2 Å². The fourth-order valence-corrected chi connectivity index (χ4v) is 2.57. The molecule has 0 heterocycles. The summed E-state index contributed by atoms with van der Waals surface area (Å²) in [7, 11) is 0. The summed E-state index contributed by atoms with van der Waals surface area (Å²) >= 11 is 0. The van der Waals surface area contributed by atoms with Gasteiger partial charge in [0, 0.05) is 6.61 Å². The third kappa shape index (κ3) is 4.84. The molecule has 1 aliphatic rings. The molecule has 0 saturated heterocycles. The molecule has 1 aliphatic carbocycles. The Bertz CT molecular complexity index is 154. The maximum atomic E-state index is 9.04. The first-order valence-corrected chi connectivity index (χ1v) is 6.92. The minimum atomic E-state index is 0.337. The van der Waals surface area contributed by atoms with Crippen molar-refractivity contribution in [1.29, 1.82) is 0 Å². The van der Waals surface area contributed by atoms with Crippen LogP contribution in [-0.4, -0.2) is 23.9 Å². The van der Waals surface area contributed by atoms with Crippen LogP contribution in [0, 0.1) is 11.8 Å². The molecule has 0 radical (unpaired) electrons. The third-order valence-corrected chi connectivity index (χ3v) is 3.84. The highest BCUT2D eigenvalue weighted by atomic mass is 16.5. The van der Waals surface area contributed by atoms with Crippen molar-refractivity contribution >= 4 is 0 Å². The van der Waals surface area contributed by atoms with E-state index in [0.29, 0.717) is 24.7 Å². The molecule has 0 bridgehead atoms. The number of hydrogen-bond acceptors (Lipinski definition) is 2. The van der Waals surface area contributed by atoms with Gasteiger partial charge in [0.1, 0.15) is 0 Å². The first-order valence-electron chi connectivity index (χ1n) is 6.92. The second-order valence-electron chi connectivity index (χ2n) is 5.52. The predicted octanol–water partition coefficient (Wildman–Crippen LogP) is 3.38. The van der Waals surface area contributed by atoms with Crippen LogP contribution in [0.4, 0.5) is 0 Å². The van der Waals surface area contributed by atoms with E-state index in [9.17, 15) is 0 Å². The van der Waals surface area contributed by atoms with Crippen LogP contribution in [0.1, 0.15) is 59.3 Å². The molecule has 0 aliphatic heterocycles. The van der Waals surface area contributed by atoms with Crippen LogP contribution in [0.3, 0.4) is 0 Å². The van der Waals surface area contributed by atoms with Gasteiger partial charge in [-0.25, -0.2) is 0 Å². The predicted molar refractivity (Wildman–Crippen MR) is 67.5 cm³/mol. The van der Waals surface area contributed by atoms with Crippen LogP contribution in [0.5, 0.6) is 0 Å². The zero-order valence-electron chi connectivity index (χ0n) is 11.1. The molecule has 1 saturated carbocycles. The zero-order valence-corrected chi connectivity index (χ0v) is 11.1. The van der Waals surface area contributed by atoms with Gasteiger partial charge in [-0.2, -0.15) is 0 Å². The smallest absolute Gasteiger partial charge is 0.0579 e. The summed E-state index contributed by atoms with van der Waals surface area (Å²) in [6, 6.07) is 0. The van der Waals surface area contributed by atoms with E-state index in [1.807, 2.05) is 0 Å². The lowest BCUT2D eigenvalue weighted by Crippen LogP contribution is -2.26. The summed E-state index contributed by atoms with van der Waals surface area (Å²) in [4.78, 5) is 0. The Morgan fingerprint density at radius 3 is 2.31 bits per heavy atom. The Morgan fingerprint density at radius 1 is 1.19 bits per heavy atom. The van der Waals surface area contributed by atoms with Crippen LogP contribution in [0.25, 0.3) is 0 Å². The average Bonchev–Trinajstić information content (AvgIpc) is 2.31. The molecule has 0 spiro atoms. The number of aliphatic hydroxyl groups excluding tert-OH is 1. The van der Waals surface area contributed by atoms with Gasteiger partial charge in [-0.1, -0.05) is 13.8 Å². The van der Waals surface area contributed by atoms with E-state index < -0.39 is 0 Å². The van der Waals surface area contributed by atoms with E-state index >= 15 is 0 Å². The monoisotopic (exact) mass is 228 g/mol. The SMILES string of the molecule is CCC(C)OC1CCC(CC(C)CO)CC1. The van der Waals surface area contributed by atoms with Gasteiger partial charge in [-0.3, -0.25) is 0 Å². The lowest BCUT2D eigenvalue weighted by Gasteiger charge is -2.31. The highest BCUT2D eigenvalue weighted by Gasteiger charge is 2.23. The van der Waals surface area contributed by atoms with E-state index in [-0.39, 0.29) is 0 Å². The molecular formula is C14H28O2. The molecule has 1 N–H and O–H groups in total.